The lowest BCUT2D eigenvalue weighted by Gasteiger charge is -2.35. The number of aryl methyl sites for hydroxylation is 1. The predicted octanol–water partition coefficient (Wildman–Crippen LogP) is 3.53. The van der Waals surface area contributed by atoms with E-state index in [0.717, 1.165) is 41.7 Å². The van der Waals surface area contributed by atoms with E-state index in [2.05, 4.69) is 42.5 Å². The Bertz CT molecular complexity index is 933. The van der Waals surface area contributed by atoms with E-state index in [9.17, 15) is 10.2 Å². The monoisotopic (exact) mass is 376 g/mol. The van der Waals surface area contributed by atoms with E-state index in [-0.39, 0.29) is 0 Å². The van der Waals surface area contributed by atoms with Crippen LogP contribution in [0.4, 0.5) is 5.69 Å². The second kappa shape index (κ2) is 7.46. The molecule has 4 rings (SSSR count). The molecule has 2 aliphatic rings. The van der Waals surface area contributed by atoms with Gasteiger partial charge in [-0.2, -0.15) is 0 Å². The van der Waals surface area contributed by atoms with Crippen molar-refractivity contribution < 1.29 is 10.2 Å². The first-order valence-electron chi connectivity index (χ1n) is 9.85. The molecule has 0 bridgehead atoms. The van der Waals surface area contributed by atoms with Gasteiger partial charge in [-0.3, -0.25) is 0 Å². The highest BCUT2D eigenvalue weighted by Crippen LogP contribution is 2.37. The van der Waals surface area contributed by atoms with Crippen LogP contribution in [-0.4, -0.2) is 41.7 Å². The van der Waals surface area contributed by atoms with Crippen LogP contribution in [-0.2, 0) is 12.8 Å². The number of aliphatic hydroxyl groups excluding tert-OH is 2. The Kier molecular flexibility index (Phi) is 5.00. The summed E-state index contributed by atoms with van der Waals surface area (Å²) in [4.78, 5) is 3.85. The van der Waals surface area contributed by atoms with Crippen LogP contribution in [0.15, 0.2) is 60.3 Å². The molecule has 2 aromatic carbocycles. The number of fused-ring (bicyclic) bond motifs is 1. The smallest absolute Gasteiger partial charge is 0.148 e. The second-order valence-electron chi connectivity index (χ2n) is 7.95. The predicted molar refractivity (Wildman–Crippen MR) is 114 cm³/mol. The lowest BCUT2D eigenvalue weighted by atomic mass is 9.89. The van der Waals surface area contributed by atoms with Crippen LogP contribution in [0.25, 0.3) is 5.57 Å². The van der Waals surface area contributed by atoms with E-state index in [0.29, 0.717) is 0 Å². The Morgan fingerprint density at radius 2 is 1.82 bits per heavy atom. The van der Waals surface area contributed by atoms with Gasteiger partial charge in [0.25, 0.3) is 0 Å². The summed E-state index contributed by atoms with van der Waals surface area (Å²) in [5.41, 5.74) is 8.11. The Hall–Kier alpha value is -2.56. The zero-order chi connectivity index (χ0) is 19.8. The molecule has 28 heavy (non-hydrogen) atoms. The van der Waals surface area contributed by atoms with Gasteiger partial charge in [-0.25, -0.2) is 0 Å². The van der Waals surface area contributed by atoms with Crippen LogP contribution >= 0.6 is 0 Å². The van der Waals surface area contributed by atoms with Gasteiger partial charge in [0, 0.05) is 26.0 Å². The zero-order valence-corrected chi connectivity index (χ0v) is 16.8. The molecule has 0 radical (unpaired) electrons. The maximum Gasteiger partial charge on any atom is 0.148 e. The SMILES string of the molecule is CC1=CC(c2cc3c(c(Cc4ccccc4)c2)N(C)C(O)CC3)=CN(C)C1O. The van der Waals surface area contributed by atoms with Gasteiger partial charge in [0.2, 0.25) is 0 Å². The highest BCUT2D eigenvalue weighted by atomic mass is 16.3. The first-order chi connectivity index (χ1) is 13.4. The molecule has 2 N–H and O–H groups in total. The molecule has 2 heterocycles. The molecule has 2 aliphatic heterocycles. The fraction of sp³-hybridized carbons (Fsp3) is 0.333. The summed E-state index contributed by atoms with van der Waals surface area (Å²) in [6.45, 7) is 1.96. The Morgan fingerprint density at radius 3 is 2.54 bits per heavy atom. The van der Waals surface area contributed by atoms with Gasteiger partial charge < -0.3 is 20.0 Å². The van der Waals surface area contributed by atoms with Gasteiger partial charge in [0.15, 0.2) is 0 Å². The van der Waals surface area contributed by atoms with E-state index >= 15 is 0 Å². The first-order valence-corrected chi connectivity index (χ1v) is 9.85. The molecule has 0 spiro atoms. The van der Waals surface area contributed by atoms with E-state index in [1.807, 2.05) is 43.1 Å². The topological polar surface area (TPSA) is 46.9 Å². The van der Waals surface area contributed by atoms with Crippen molar-refractivity contribution in [2.24, 2.45) is 0 Å². The molecule has 0 aromatic heterocycles. The lowest BCUT2D eigenvalue weighted by molar-refractivity contribution is 0.0868. The van der Waals surface area contributed by atoms with Crippen LogP contribution in [0.2, 0.25) is 0 Å². The van der Waals surface area contributed by atoms with Gasteiger partial charge in [0.1, 0.15) is 12.5 Å². The number of likely N-dealkylation sites (N-methyl/N-ethyl adjacent to an activating group) is 1. The van der Waals surface area contributed by atoms with Crippen molar-refractivity contribution >= 4 is 11.3 Å². The fourth-order valence-electron chi connectivity index (χ4n) is 4.27. The van der Waals surface area contributed by atoms with Crippen LogP contribution in [0, 0.1) is 0 Å². The van der Waals surface area contributed by atoms with E-state index < -0.39 is 12.5 Å². The minimum atomic E-state index is -0.563. The molecule has 146 valence electrons. The zero-order valence-electron chi connectivity index (χ0n) is 16.8. The maximum atomic E-state index is 10.4. The minimum absolute atomic E-state index is 0.440. The molecular weight excluding hydrogens is 348 g/mol. The van der Waals surface area contributed by atoms with Gasteiger partial charge in [-0.05, 0) is 77.8 Å². The van der Waals surface area contributed by atoms with Crippen molar-refractivity contribution in [3.05, 3.63) is 82.6 Å². The second-order valence-corrected chi connectivity index (χ2v) is 7.95. The van der Waals surface area contributed by atoms with E-state index in [4.69, 9.17) is 0 Å². The third kappa shape index (κ3) is 3.46. The largest absolute Gasteiger partial charge is 0.374 e. The number of rotatable bonds is 3. The average Bonchev–Trinajstić information content (AvgIpc) is 2.69. The average molecular weight is 377 g/mol. The highest BCUT2D eigenvalue weighted by molar-refractivity contribution is 5.79. The molecule has 0 saturated heterocycles. The molecule has 0 amide bonds. The molecule has 4 heteroatoms. The summed E-state index contributed by atoms with van der Waals surface area (Å²) >= 11 is 0. The van der Waals surface area contributed by atoms with Crippen LogP contribution in [0.1, 0.15) is 35.6 Å². The molecule has 2 atom stereocenters. The van der Waals surface area contributed by atoms with Crippen molar-refractivity contribution in [2.45, 2.75) is 38.6 Å². The summed E-state index contributed by atoms with van der Waals surface area (Å²) < 4.78 is 0. The quantitative estimate of drug-likeness (QED) is 0.860. The number of anilines is 1. The summed E-state index contributed by atoms with van der Waals surface area (Å²) in [6, 6.07) is 14.9. The van der Waals surface area contributed by atoms with Crippen LogP contribution in [0.3, 0.4) is 0 Å². The molecule has 4 nitrogen and oxygen atoms in total. The van der Waals surface area contributed by atoms with Crippen LogP contribution in [0.5, 0.6) is 0 Å². The first kappa shape index (κ1) is 18.8. The van der Waals surface area contributed by atoms with Crippen molar-refractivity contribution in [3.8, 4) is 0 Å². The number of nitrogens with zero attached hydrogens (tertiary/aromatic N) is 2. The summed E-state index contributed by atoms with van der Waals surface area (Å²) in [5.74, 6) is 0. The molecule has 0 fully saturated rings. The van der Waals surface area contributed by atoms with Crippen LogP contribution < -0.4 is 4.90 Å². The Balaban J connectivity index is 1.82. The normalized spacial score (nSPS) is 21.9. The van der Waals surface area contributed by atoms with Crippen molar-refractivity contribution in [1.29, 1.82) is 0 Å². The highest BCUT2D eigenvalue weighted by Gasteiger charge is 2.26. The van der Waals surface area contributed by atoms with Gasteiger partial charge in [0.05, 0.1) is 0 Å². The van der Waals surface area contributed by atoms with Gasteiger partial charge >= 0.3 is 0 Å². The lowest BCUT2D eigenvalue weighted by Crippen LogP contribution is -2.36. The summed E-state index contributed by atoms with van der Waals surface area (Å²) in [5, 5.41) is 20.6. The van der Waals surface area contributed by atoms with E-state index in [1.54, 1.807) is 0 Å². The maximum absolute atomic E-state index is 10.4. The third-order valence-electron chi connectivity index (χ3n) is 5.83. The molecule has 2 unspecified atom stereocenters. The number of hydrogen-bond donors (Lipinski definition) is 2. The summed E-state index contributed by atoms with van der Waals surface area (Å²) in [7, 11) is 3.87. The van der Waals surface area contributed by atoms with Crippen molar-refractivity contribution in [1.82, 2.24) is 4.90 Å². The number of hydrogen-bond acceptors (Lipinski definition) is 4. The van der Waals surface area contributed by atoms with Crippen molar-refractivity contribution in [3.63, 3.8) is 0 Å². The number of aliphatic hydroxyl groups is 2. The Morgan fingerprint density at radius 1 is 1.07 bits per heavy atom. The number of benzene rings is 2. The van der Waals surface area contributed by atoms with E-state index in [1.165, 1.54) is 16.7 Å². The standard InChI is InChI=1S/C24H28N2O2/c1-16-11-21(15-25(2)24(16)28)19-13-18-9-10-22(27)26(3)23(18)20(14-19)12-17-7-5-4-6-8-17/h4-8,11,13-15,22,24,27-28H,9-10,12H2,1-3H3. The molecular formula is C24H28N2O2. The van der Waals surface area contributed by atoms with Gasteiger partial charge in [-0.1, -0.05) is 30.3 Å². The summed E-state index contributed by atoms with van der Waals surface area (Å²) in [6.07, 6.45) is 5.50. The Labute approximate surface area is 167 Å². The molecule has 0 aliphatic carbocycles. The third-order valence-corrected chi connectivity index (χ3v) is 5.83. The van der Waals surface area contributed by atoms with Crippen molar-refractivity contribution in [2.75, 3.05) is 19.0 Å². The minimum Gasteiger partial charge on any atom is -0.374 e. The van der Waals surface area contributed by atoms with Gasteiger partial charge in [-0.15, -0.1) is 0 Å². The molecule has 0 saturated carbocycles. The number of allylic oxidation sites excluding steroid dienone is 2. The molecule has 2 aromatic rings. The fourth-order valence-corrected chi connectivity index (χ4v) is 4.27.